The molecule has 0 aromatic carbocycles. The Balaban J connectivity index is 2.23. The van der Waals surface area contributed by atoms with E-state index in [1.54, 1.807) is 0 Å². The number of hydrogen-bond donors (Lipinski definition) is 0. The summed E-state index contributed by atoms with van der Waals surface area (Å²) in [6.07, 6.45) is 2.33. The Bertz CT molecular complexity index is 83.0. The van der Waals surface area contributed by atoms with Gasteiger partial charge >= 0.3 is 0 Å². The van der Waals surface area contributed by atoms with Gasteiger partial charge in [-0.1, -0.05) is 6.92 Å². The van der Waals surface area contributed by atoms with E-state index in [1.165, 1.54) is 13.0 Å². The van der Waals surface area contributed by atoms with E-state index >= 15 is 0 Å². The molecule has 1 aliphatic heterocycles. The van der Waals surface area contributed by atoms with Crippen LogP contribution in [0.4, 0.5) is 0 Å². The highest BCUT2D eigenvalue weighted by atomic mass is 15.1. The van der Waals surface area contributed by atoms with E-state index in [-0.39, 0.29) is 6.04 Å². The van der Waals surface area contributed by atoms with Gasteiger partial charge in [-0.2, -0.15) is 0 Å². The largest absolute Gasteiger partial charge is 0.302 e. The van der Waals surface area contributed by atoms with Gasteiger partial charge in [-0.15, -0.1) is 0 Å². The van der Waals surface area contributed by atoms with E-state index in [0.717, 1.165) is 19.5 Å². The van der Waals surface area contributed by atoms with Gasteiger partial charge in [0.25, 0.3) is 0 Å². The first-order chi connectivity index (χ1) is 4.33. The van der Waals surface area contributed by atoms with Crippen molar-refractivity contribution in [2.24, 2.45) is 0 Å². The lowest BCUT2D eigenvalue weighted by Crippen LogP contribution is -2.38. The van der Waals surface area contributed by atoms with Crippen molar-refractivity contribution in [2.45, 2.75) is 25.8 Å². The number of piperidine rings is 1. The van der Waals surface area contributed by atoms with Crippen LogP contribution in [0.1, 0.15) is 19.8 Å². The Morgan fingerprint density at radius 2 is 2.44 bits per heavy atom. The molecule has 2 heteroatoms. The second kappa shape index (κ2) is 3.18. The smallest absolute Gasteiger partial charge is 0.0340 e. The average Bonchev–Trinajstić information content (AvgIpc) is 1.88. The first-order valence-corrected chi connectivity index (χ1v) is 3.76. The topological polar surface area (TPSA) is 27.0 Å². The van der Waals surface area contributed by atoms with Gasteiger partial charge in [0.15, 0.2) is 0 Å². The zero-order valence-electron chi connectivity index (χ0n) is 6.06. The Kier molecular flexibility index (Phi) is 2.49. The van der Waals surface area contributed by atoms with Crippen LogP contribution in [0, 0.1) is 0 Å². The van der Waals surface area contributed by atoms with Gasteiger partial charge < -0.3 is 4.90 Å². The highest BCUT2D eigenvalue weighted by Gasteiger charge is 2.14. The number of rotatable bonds is 1. The number of likely N-dealkylation sites (N-methyl/N-ethyl adjacent to an activating group) is 1. The minimum absolute atomic E-state index is 0.193. The summed E-state index contributed by atoms with van der Waals surface area (Å²) < 4.78 is 0. The molecule has 0 bridgehead atoms. The first-order valence-electron chi connectivity index (χ1n) is 3.76. The molecule has 1 radical (unpaired) electrons. The van der Waals surface area contributed by atoms with Crippen molar-refractivity contribution in [3.8, 4) is 0 Å². The van der Waals surface area contributed by atoms with Gasteiger partial charge in [0.1, 0.15) is 0 Å². The molecule has 0 amide bonds. The summed E-state index contributed by atoms with van der Waals surface area (Å²) in [4.78, 5) is 2.35. The third-order valence-electron chi connectivity index (χ3n) is 1.95. The molecule has 0 spiro atoms. The number of nitrogens with zero attached hydrogens (tertiary/aromatic N) is 1. The molecule has 53 valence electrons. The molecule has 1 saturated heterocycles. The van der Waals surface area contributed by atoms with Crippen LogP contribution >= 0.6 is 0 Å². The fraction of sp³-hybridized carbons (Fsp3) is 1.00. The predicted molar refractivity (Wildman–Crippen MR) is 38.2 cm³/mol. The summed E-state index contributed by atoms with van der Waals surface area (Å²) in [6.45, 7) is 5.50. The van der Waals surface area contributed by atoms with Gasteiger partial charge in [0.05, 0.1) is 0 Å². The van der Waals surface area contributed by atoms with Gasteiger partial charge in [-0.05, 0) is 25.9 Å². The summed E-state index contributed by atoms with van der Waals surface area (Å²) in [5.41, 5.74) is 7.46. The lowest BCUT2D eigenvalue weighted by molar-refractivity contribution is 0.216. The lowest BCUT2D eigenvalue weighted by atomic mass is 10.1. The number of hydrogen-bond acceptors (Lipinski definition) is 1. The fourth-order valence-electron chi connectivity index (χ4n) is 1.34. The molecule has 1 fully saturated rings. The van der Waals surface area contributed by atoms with Crippen molar-refractivity contribution in [3.63, 3.8) is 0 Å². The molecular formula is C7H15N2. The van der Waals surface area contributed by atoms with Crippen molar-refractivity contribution >= 4 is 0 Å². The monoisotopic (exact) mass is 127 g/mol. The van der Waals surface area contributed by atoms with Gasteiger partial charge in [0, 0.05) is 12.6 Å². The van der Waals surface area contributed by atoms with Crippen molar-refractivity contribution in [1.29, 1.82) is 0 Å². The Hall–Kier alpha value is -0.0800. The second-order valence-corrected chi connectivity index (χ2v) is 2.73. The first kappa shape index (κ1) is 7.03. The summed E-state index contributed by atoms with van der Waals surface area (Å²) in [7, 11) is 0. The summed E-state index contributed by atoms with van der Waals surface area (Å²) in [6, 6.07) is 0.193. The second-order valence-electron chi connectivity index (χ2n) is 2.73. The third kappa shape index (κ3) is 1.95. The molecule has 0 aromatic heterocycles. The highest BCUT2D eigenvalue weighted by Crippen LogP contribution is 2.07. The molecule has 1 atom stereocenters. The Morgan fingerprint density at radius 1 is 1.67 bits per heavy atom. The normalized spacial score (nSPS) is 30.7. The van der Waals surface area contributed by atoms with Crippen molar-refractivity contribution in [1.82, 2.24) is 10.6 Å². The molecule has 1 rings (SSSR count). The van der Waals surface area contributed by atoms with Crippen molar-refractivity contribution < 1.29 is 0 Å². The molecule has 0 saturated carbocycles. The van der Waals surface area contributed by atoms with Crippen LogP contribution in [0.15, 0.2) is 0 Å². The van der Waals surface area contributed by atoms with Crippen LogP contribution in [0.2, 0.25) is 0 Å². The van der Waals surface area contributed by atoms with E-state index in [0.29, 0.717) is 0 Å². The standard InChI is InChI=1S/C7H15N2/c1-2-9-5-3-4-7(8)6-9/h7-8H,2-6H2,1H3/t7-/m1/s1. The van der Waals surface area contributed by atoms with Crippen molar-refractivity contribution in [2.75, 3.05) is 19.6 Å². The van der Waals surface area contributed by atoms with Crippen LogP contribution in [0.3, 0.4) is 0 Å². The lowest BCUT2D eigenvalue weighted by Gasteiger charge is -2.28. The van der Waals surface area contributed by atoms with E-state index < -0.39 is 0 Å². The van der Waals surface area contributed by atoms with E-state index in [2.05, 4.69) is 11.8 Å². The predicted octanol–water partition coefficient (Wildman–Crippen LogP) is 0.754. The fourth-order valence-corrected chi connectivity index (χ4v) is 1.34. The Morgan fingerprint density at radius 3 is 2.89 bits per heavy atom. The average molecular weight is 127 g/mol. The van der Waals surface area contributed by atoms with Gasteiger partial charge in [0.2, 0.25) is 0 Å². The Labute approximate surface area is 57.0 Å². The molecule has 9 heavy (non-hydrogen) atoms. The third-order valence-corrected chi connectivity index (χ3v) is 1.95. The SMILES string of the molecule is CCN1CCC[C@@H]([NH])C1. The van der Waals surface area contributed by atoms with Crippen molar-refractivity contribution in [3.05, 3.63) is 0 Å². The minimum atomic E-state index is 0.193. The highest BCUT2D eigenvalue weighted by molar-refractivity contribution is 4.72. The molecule has 0 unspecified atom stereocenters. The van der Waals surface area contributed by atoms with E-state index in [9.17, 15) is 0 Å². The molecule has 0 aromatic rings. The van der Waals surface area contributed by atoms with Crippen LogP contribution in [-0.4, -0.2) is 30.6 Å². The number of nitrogens with one attached hydrogen (secondary N) is 1. The zero-order chi connectivity index (χ0) is 6.69. The van der Waals surface area contributed by atoms with E-state index in [1.807, 2.05) is 0 Å². The summed E-state index contributed by atoms with van der Waals surface area (Å²) in [5, 5.41) is 0. The zero-order valence-corrected chi connectivity index (χ0v) is 6.06. The maximum absolute atomic E-state index is 7.46. The van der Waals surface area contributed by atoms with Crippen LogP contribution < -0.4 is 5.73 Å². The summed E-state index contributed by atoms with van der Waals surface area (Å²) >= 11 is 0. The quantitative estimate of drug-likeness (QED) is 0.510. The maximum Gasteiger partial charge on any atom is 0.0340 e. The molecule has 0 aliphatic carbocycles. The van der Waals surface area contributed by atoms with Crippen LogP contribution in [0.25, 0.3) is 0 Å². The molecular weight excluding hydrogens is 112 g/mol. The van der Waals surface area contributed by atoms with Gasteiger partial charge in [-0.25, -0.2) is 0 Å². The summed E-state index contributed by atoms with van der Waals surface area (Å²) in [5.74, 6) is 0. The molecule has 1 heterocycles. The van der Waals surface area contributed by atoms with Crippen LogP contribution in [0.5, 0.6) is 0 Å². The van der Waals surface area contributed by atoms with Gasteiger partial charge in [-0.3, -0.25) is 5.73 Å². The van der Waals surface area contributed by atoms with E-state index in [4.69, 9.17) is 5.73 Å². The maximum atomic E-state index is 7.46. The molecule has 1 aliphatic rings. The molecule has 2 nitrogen and oxygen atoms in total. The van der Waals surface area contributed by atoms with Crippen LogP contribution in [-0.2, 0) is 0 Å². The minimum Gasteiger partial charge on any atom is -0.302 e. The molecule has 1 N–H and O–H groups in total. The number of likely N-dealkylation sites (tertiary alicyclic amines) is 1.